The second-order valence-corrected chi connectivity index (χ2v) is 6.87. The number of hydrogen-bond donors (Lipinski definition) is 2. The lowest BCUT2D eigenvalue weighted by atomic mass is 10.0. The summed E-state index contributed by atoms with van der Waals surface area (Å²) in [5.74, 6) is -0.276. The SMILES string of the molecule is CCCCCCCCCCCCCCCCC(=O)OC[C@H](O)CO. The van der Waals surface area contributed by atoms with Crippen LogP contribution in [0.25, 0.3) is 0 Å². The molecule has 0 rings (SSSR count). The first-order valence-corrected chi connectivity index (χ1v) is 10.1. The van der Waals surface area contributed by atoms with Gasteiger partial charge in [0.1, 0.15) is 12.7 Å². The van der Waals surface area contributed by atoms with Crippen molar-refractivity contribution in [3.63, 3.8) is 0 Å². The van der Waals surface area contributed by atoms with E-state index in [1.165, 1.54) is 77.0 Å². The van der Waals surface area contributed by atoms with Gasteiger partial charge in [-0.2, -0.15) is 0 Å². The number of esters is 1. The van der Waals surface area contributed by atoms with E-state index in [4.69, 9.17) is 14.9 Å². The summed E-state index contributed by atoms with van der Waals surface area (Å²) in [6.07, 6.45) is 17.6. The Kier molecular flexibility index (Phi) is 18.2. The van der Waals surface area contributed by atoms with Gasteiger partial charge in [0.2, 0.25) is 0 Å². The standard InChI is InChI=1S/C20H40O4/c1-2-3-4-5-6-7-8-9-10-11-12-13-14-15-16-20(23)24-18-19(22)17-21/h19,21-22H,2-18H2,1H3/t19-/m1/s1. The number of aliphatic hydroxyl groups excluding tert-OH is 2. The van der Waals surface area contributed by atoms with Crippen LogP contribution >= 0.6 is 0 Å². The number of carbonyl (C=O) groups excluding carboxylic acids is 1. The number of carbonyl (C=O) groups is 1. The van der Waals surface area contributed by atoms with Crippen LogP contribution in [-0.2, 0) is 9.53 Å². The van der Waals surface area contributed by atoms with Gasteiger partial charge in [-0.25, -0.2) is 0 Å². The van der Waals surface area contributed by atoms with Crippen LogP contribution in [0.15, 0.2) is 0 Å². The van der Waals surface area contributed by atoms with E-state index in [9.17, 15) is 4.79 Å². The van der Waals surface area contributed by atoms with Crippen molar-refractivity contribution in [2.45, 2.75) is 109 Å². The molecule has 0 aliphatic carbocycles. The predicted octanol–water partition coefficient (Wildman–Crippen LogP) is 4.75. The monoisotopic (exact) mass is 344 g/mol. The first kappa shape index (κ1) is 23.4. The summed E-state index contributed by atoms with van der Waals surface area (Å²) in [5, 5.41) is 17.7. The van der Waals surface area contributed by atoms with Gasteiger partial charge in [0.25, 0.3) is 0 Å². The van der Waals surface area contributed by atoms with E-state index in [0.717, 1.165) is 12.8 Å². The molecule has 0 unspecified atom stereocenters. The highest BCUT2D eigenvalue weighted by Crippen LogP contribution is 2.13. The summed E-state index contributed by atoms with van der Waals surface area (Å²) < 4.78 is 4.86. The van der Waals surface area contributed by atoms with Gasteiger partial charge in [-0.1, -0.05) is 90.4 Å². The third-order valence-electron chi connectivity index (χ3n) is 4.38. The Morgan fingerprint density at radius 3 is 1.62 bits per heavy atom. The smallest absolute Gasteiger partial charge is 0.305 e. The molecule has 0 aromatic rings. The van der Waals surface area contributed by atoms with Gasteiger partial charge in [-0.05, 0) is 6.42 Å². The van der Waals surface area contributed by atoms with Crippen LogP contribution in [0.2, 0.25) is 0 Å². The highest BCUT2D eigenvalue weighted by Gasteiger charge is 2.07. The minimum Gasteiger partial charge on any atom is -0.463 e. The molecule has 0 amide bonds. The molecule has 4 heteroatoms. The van der Waals surface area contributed by atoms with E-state index in [1.54, 1.807) is 0 Å². The molecule has 0 bridgehead atoms. The van der Waals surface area contributed by atoms with Gasteiger partial charge in [0.05, 0.1) is 6.61 Å². The summed E-state index contributed by atoms with van der Waals surface area (Å²) in [7, 11) is 0. The quantitative estimate of drug-likeness (QED) is 0.278. The van der Waals surface area contributed by atoms with Crippen molar-refractivity contribution in [3.8, 4) is 0 Å². The highest BCUT2D eigenvalue weighted by atomic mass is 16.5. The zero-order valence-electron chi connectivity index (χ0n) is 15.8. The fraction of sp³-hybridized carbons (Fsp3) is 0.950. The second kappa shape index (κ2) is 18.7. The van der Waals surface area contributed by atoms with Crippen LogP contribution in [0.5, 0.6) is 0 Å². The molecule has 0 saturated carbocycles. The normalized spacial score (nSPS) is 12.3. The van der Waals surface area contributed by atoms with E-state index in [0.29, 0.717) is 6.42 Å². The van der Waals surface area contributed by atoms with E-state index in [-0.39, 0.29) is 19.2 Å². The maximum absolute atomic E-state index is 11.4. The van der Waals surface area contributed by atoms with Crippen LogP contribution < -0.4 is 0 Å². The molecule has 0 aliphatic heterocycles. The third-order valence-corrected chi connectivity index (χ3v) is 4.38. The molecule has 2 N–H and O–H groups in total. The number of hydrogen-bond acceptors (Lipinski definition) is 4. The Morgan fingerprint density at radius 1 is 0.792 bits per heavy atom. The third kappa shape index (κ3) is 17.7. The number of unbranched alkanes of at least 4 members (excludes halogenated alkanes) is 13. The first-order valence-electron chi connectivity index (χ1n) is 10.1. The van der Waals surface area contributed by atoms with Crippen LogP contribution in [0.3, 0.4) is 0 Å². The molecule has 0 aliphatic rings. The number of rotatable bonds is 18. The lowest BCUT2D eigenvalue weighted by Crippen LogP contribution is -2.21. The highest BCUT2D eigenvalue weighted by molar-refractivity contribution is 5.69. The maximum Gasteiger partial charge on any atom is 0.305 e. The van der Waals surface area contributed by atoms with Crippen LogP contribution in [-0.4, -0.2) is 35.5 Å². The zero-order chi connectivity index (χ0) is 17.9. The average molecular weight is 345 g/mol. The molecule has 0 spiro atoms. The summed E-state index contributed by atoms with van der Waals surface area (Å²) in [4.78, 5) is 11.4. The second-order valence-electron chi connectivity index (χ2n) is 6.87. The van der Waals surface area contributed by atoms with Gasteiger partial charge in [0.15, 0.2) is 0 Å². The first-order chi connectivity index (χ1) is 11.7. The molecule has 0 aromatic carbocycles. The summed E-state index contributed by atoms with van der Waals surface area (Å²) in [6.45, 7) is 1.79. The Hall–Kier alpha value is -0.610. The Morgan fingerprint density at radius 2 is 1.21 bits per heavy atom. The van der Waals surface area contributed by atoms with Crippen molar-refractivity contribution in [2.24, 2.45) is 0 Å². The minimum atomic E-state index is -0.953. The minimum absolute atomic E-state index is 0.103. The van der Waals surface area contributed by atoms with Crippen molar-refractivity contribution in [3.05, 3.63) is 0 Å². The molecular weight excluding hydrogens is 304 g/mol. The van der Waals surface area contributed by atoms with Crippen LogP contribution in [0, 0.1) is 0 Å². The van der Waals surface area contributed by atoms with Gasteiger partial charge in [-0.3, -0.25) is 4.79 Å². The van der Waals surface area contributed by atoms with E-state index in [1.807, 2.05) is 0 Å². The fourth-order valence-corrected chi connectivity index (χ4v) is 2.78. The van der Waals surface area contributed by atoms with Crippen molar-refractivity contribution in [1.82, 2.24) is 0 Å². The van der Waals surface area contributed by atoms with E-state index >= 15 is 0 Å². The molecule has 0 radical (unpaired) electrons. The molecule has 0 saturated heterocycles. The summed E-state index contributed by atoms with van der Waals surface area (Å²) >= 11 is 0. The largest absolute Gasteiger partial charge is 0.463 e. The van der Waals surface area contributed by atoms with E-state index in [2.05, 4.69) is 6.92 Å². The van der Waals surface area contributed by atoms with Crippen LogP contribution in [0.4, 0.5) is 0 Å². The number of ether oxygens (including phenoxy) is 1. The van der Waals surface area contributed by atoms with Crippen molar-refractivity contribution in [2.75, 3.05) is 13.2 Å². The Labute approximate surface area is 149 Å². The fourth-order valence-electron chi connectivity index (χ4n) is 2.78. The predicted molar refractivity (Wildman–Crippen MR) is 99.0 cm³/mol. The van der Waals surface area contributed by atoms with Crippen molar-refractivity contribution in [1.29, 1.82) is 0 Å². The van der Waals surface area contributed by atoms with Crippen molar-refractivity contribution >= 4 is 5.97 Å². The molecule has 144 valence electrons. The zero-order valence-corrected chi connectivity index (χ0v) is 15.8. The molecule has 0 aromatic heterocycles. The van der Waals surface area contributed by atoms with Crippen LogP contribution in [0.1, 0.15) is 103 Å². The average Bonchev–Trinajstić information content (AvgIpc) is 2.59. The number of aliphatic hydroxyl groups is 2. The molecular formula is C20H40O4. The topological polar surface area (TPSA) is 66.8 Å². The molecule has 0 heterocycles. The Balaban J connectivity index is 3.13. The molecule has 24 heavy (non-hydrogen) atoms. The van der Waals surface area contributed by atoms with E-state index < -0.39 is 6.10 Å². The summed E-state index contributed by atoms with van der Waals surface area (Å²) in [5.41, 5.74) is 0. The van der Waals surface area contributed by atoms with Gasteiger partial charge in [-0.15, -0.1) is 0 Å². The van der Waals surface area contributed by atoms with Gasteiger partial charge in [0, 0.05) is 6.42 Å². The molecule has 1 atom stereocenters. The molecule has 0 fully saturated rings. The maximum atomic E-state index is 11.4. The van der Waals surface area contributed by atoms with Gasteiger partial charge < -0.3 is 14.9 Å². The summed E-state index contributed by atoms with van der Waals surface area (Å²) in [6, 6.07) is 0. The molecule has 4 nitrogen and oxygen atoms in total. The van der Waals surface area contributed by atoms with Crippen molar-refractivity contribution < 1.29 is 19.7 Å². The lowest BCUT2D eigenvalue weighted by molar-refractivity contribution is -0.147. The Bertz CT molecular complexity index is 268. The lowest BCUT2D eigenvalue weighted by Gasteiger charge is -2.08. The van der Waals surface area contributed by atoms with Gasteiger partial charge >= 0.3 is 5.97 Å².